The number of nitrogens with one attached hydrogen (secondary N) is 1. The Morgan fingerprint density at radius 3 is 2.58 bits per heavy atom. The molecule has 1 N–H and O–H groups in total. The van der Waals surface area contributed by atoms with Crippen molar-refractivity contribution in [3.8, 4) is 12.3 Å². The molecule has 0 radical (unpaired) electrons. The minimum absolute atomic E-state index is 0.273. The average Bonchev–Trinajstić information content (AvgIpc) is 2.00. The molecule has 1 unspecified atom stereocenters. The van der Waals surface area contributed by atoms with Gasteiger partial charge in [0.15, 0.2) is 0 Å². The zero-order chi connectivity index (χ0) is 9.56. The Morgan fingerprint density at radius 1 is 1.58 bits per heavy atom. The van der Waals surface area contributed by atoms with E-state index >= 15 is 0 Å². The lowest BCUT2D eigenvalue weighted by Gasteiger charge is -2.09. The van der Waals surface area contributed by atoms with Crippen LogP contribution in [0.4, 0.5) is 4.79 Å². The highest BCUT2D eigenvalue weighted by Gasteiger charge is 2.05. The highest BCUT2D eigenvalue weighted by molar-refractivity contribution is 5.67. The van der Waals surface area contributed by atoms with E-state index in [0.29, 0.717) is 12.5 Å². The summed E-state index contributed by atoms with van der Waals surface area (Å²) in [5.74, 6) is 2.72. The SMILES string of the molecule is C#CC(C)NC(=O)OCC(C)C. The van der Waals surface area contributed by atoms with E-state index in [1.807, 2.05) is 13.8 Å². The minimum atomic E-state index is -0.450. The molecule has 0 aliphatic carbocycles. The van der Waals surface area contributed by atoms with Crippen molar-refractivity contribution in [1.82, 2.24) is 5.32 Å². The zero-order valence-corrected chi connectivity index (χ0v) is 7.76. The maximum atomic E-state index is 10.9. The average molecular weight is 169 g/mol. The maximum Gasteiger partial charge on any atom is 0.408 e. The fourth-order valence-electron chi connectivity index (χ4n) is 0.502. The van der Waals surface area contributed by atoms with Crippen LogP contribution in [0.15, 0.2) is 0 Å². The number of hydrogen-bond donors (Lipinski definition) is 1. The summed E-state index contributed by atoms with van der Waals surface area (Å²) in [5.41, 5.74) is 0. The van der Waals surface area contributed by atoms with Gasteiger partial charge in [0.1, 0.15) is 0 Å². The Bertz CT molecular complexity index is 181. The van der Waals surface area contributed by atoms with E-state index in [2.05, 4.69) is 11.2 Å². The van der Waals surface area contributed by atoms with Gasteiger partial charge in [-0.3, -0.25) is 0 Å². The molecule has 0 aliphatic rings. The first-order valence-electron chi connectivity index (χ1n) is 3.95. The molecule has 0 aromatic heterocycles. The van der Waals surface area contributed by atoms with Gasteiger partial charge in [0.2, 0.25) is 0 Å². The highest BCUT2D eigenvalue weighted by Crippen LogP contribution is 1.92. The van der Waals surface area contributed by atoms with Gasteiger partial charge in [0, 0.05) is 0 Å². The van der Waals surface area contributed by atoms with Crippen LogP contribution >= 0.6 is 0 Å². The molecule has 12 heavy (non-hydrogen) atoms. The second kappa shape index (κ2) is 5.48. The van der Waals surface area contributed by atoms with E-state index in [-0.39, 0.29) is 6.04 Å². The molecule has 0 bridgehead atoms. The Labute approximate surface area is 73.5 Å². The molecule has 68 valence electrons. The van der Waals surface area contributed by atoms with Crippen molar-refractivity contribution in [2.75, 3.05) is 6.61 Å². The van der Waals surface area contributed by atoms with Gasteiger partial charge < -0.3 is 10.1 Å². The molecule has 0 rings (SSSR count). The summed E-state index contributed by atoms with van der Waals surface area (Å²) in [5, 5.41) is 2.49. The first-order chi connectivity index (χ1) is 5.56. The second-order valence-corrected chi connectivity index (χ2v) is 3.03. The largest absolute Gasteiger partial charge is 0.449 e. The van der Waals surface area contributed by atoms with E-state index in [9.17, 15) is 4.79 Å². The predicted octanol–water partition coefficient (Wildman–Crippen LogP) is 1.39. The van der Waals surface area contributed by atoms with E-state index in [1.165, 1.54) is 0 Å². The molecule has 3 nitrogen and oxygen atoms in total. The quantitative estimate of drug-likeness (QED) is 0.648. The number of ether oxygens (including phenoxy) is 1. The molecule has 0 aromatic carbocycles. The highest BCUT2D eigenvalue weighted by atomic mass is 16.5. The van der Waals surface area contributed by atoms with E-state index in [4.69, 9.17) is 11.2 Å². The molecule has 0 aliphatic heterocycles. The number of carbonyl (C=O) groups is 1. The van der Waals surface area contributed by atoms with Crippen molar-refractivity contribution in [2.24, 2.45) is 5.92 Å². The molecular formula is C9H15NO2. The summed E-state index contributed by atoms with van der Waals surface area (Å²) in [4.78, 5) is 10.9. The van der Waals surface area contributed by atoms with Gasteiger partial charge >= 0.3 is 6.09 Å². The molecule has 0 spiro atoms. The molecule has 0 saturated carbocycles. The minimum Gasteiger partial charge on any atom is -0.449 e. The first-order valence-corrected chi connectivity index (χ1v) is 3.95. The summed E-state index contributed by atoms with van der Waals surface area (Å²) >= 11 is 0. The zero-order valence-electron chi connectivity index (χ0n) is 7.76. The van der Waals surface area contributed by atoms with Crippen LogP contribution < -0.4 is 5.32 Å². The van der Waals surface area contributed by atoms with Crippen LogP contribution in [0.25, 0.3) is 0 Å². The topological polar surface area (TPSA) is 38.3 Å². The maximum absolute atomic E-state index is 10.9. The van der Waals surface area contributed by atoms with Crippen molar-refractivity contribution in [3.05, 3.63) is 0 Å². The Hall–Kier alpha value is -1.17. The molecular weight excluding hydrogens is 154 g/mol. The summed E-state index contributed by atoms with van der Waals surface area (Å²) in [6.07, 6.45) is 4.61. The van der Waals surface area contributed by atoms with Crippen molar-refractivity contribution in [2.45, 2.75) is 26.8 Å². The van der Waals surface area contributed by atoms with Gasteiger partial charge in [-0.2, -0.15) is 0 Å². The van der Waals surface area contributed by atoms with Gasteiger partial charge in [-0.05, 0) is 12.8 Å². The van der Waals surface area contributed by atoms with Crippen LogP contribution in [-0.2, 0) is 4.74 Å². The Morgan fingerprint density at radius 2 is 2.17 bits per heavy atom. The summed E-state index contributed by atoms with van der Waals surface area (Å²) in [7, 11) is 0. The van der Waals surface area contributed by atoms with Crippen LogP contribution in [0.5, 0.6) is 0 Å². The monoisotopic (exact) mass is 169 g/mol. The van der Waals surface area contributed by atoms with E-state index in [1.54, 1.807) is 6.92 Å². The third kappa shape index (κ3) is 5.60. The lowest BCUT2D eigenvalue weighted by molar-refractivity contribution is 0.132. The van der Waals surface area contributed by atoms with Crippen LogP contribution in [0.1, 0.15) is 20.8 Å². The third-order valence-corrected chi connectivity index (χ3v) is 1.13. The second-order valence-electron chi connectivity index (χ2n) is 3.03. The Balaban J connectivity index is 3.55. The van der Waals surface area contributed by atoms with Gasteiger partial charge in [-0.25, -0.2) is 4.79 Å². The number of hydrogen-bond acceptors (Lipinski definition) is 2. The van der Waals surface area contributed by atoms with Crippen LogP contribution in [0.2, 0.25) is 0 Å². The number of terminal acetylenes is 1. The molecule has 0 aromatic rings. The normalized spacial score (nSPS) is 11.9. The molecule has 0 fully saturated rings. The number of carbonyl (C=O) groups excluding carboxylic acids is 1. The molecule has 1 atom stereocenters. The van der Waals surface area contributed by atoms with Gasteiger partial charge in [-0.1, -0.05) is 19.8 Å². The van der Waals surface area contributed by atoms with Crippen LogP contribution in [-0.4, -0.2) is 18.7 Å². The molecule has 3 heteroatoms. The number of rotatable bonds is 3. The standard InChI is InChI=1S/C9H15NO2/c1-5-8(4)10-9(11)12-6-7(2)3/h1,7-8H,6H2,2-4H3,(H,10,11). The lowest BCUT2D eigenvalue weighted by atomic mass is 10.2. The van der Waals surface area contributed by atoms with Gasteiger partial charge in [0.05, 0.1) is 12.6 Å². The summed E-state index contributed by atoms with van der Waals surface area (Å²) < 4.78 is 4.83. The number of alkyl carbamates (subject to hydrolysis) is 1. The molecule has 0 saturated heterocycles. The smallest absolute Gasteiger partial charge is 0.408 e. The van der Waals surface area contributed by atoms with E-state index in [0.717, 1.165) is 0 Å². The Kier molecular flexibility index (Phi) is 4.94. The van der Waals surface area contributed by atoms with E-state index < -0.39 is 6.09 Å². The third-order valence-electron chi connectivity index (χ3n) is 1.13. The van der Waals surface area contributed by atoms with Crippen LogP contribution in [0, 0.1) is 18.3 Å². The summed E-state index contributed by atoms with van der Waals surface area (Å²) in [6, 6.07) is -0.273. The molecule has 1 amide bonds. The van der Waals surface area contributed by atoms with Gasteiger partial charge in [-0.15, -0.1) is 6.42 Å². The fraction of sp³-hybridized carbons (Fsp3) is 0.667. The van der Waals surface area contributed by atoms with Crippen molar-refractivity contribution >= 4 is 6.09 Å². The van der Waals surface area contributed by atoms with Crippen molar-refractivity contribution in [3.63, 3.8) is 0 Å². The fourth-order valence-corrected chi connectivity index (χ4v) is 0.502. The summed E-state index contributed by atoms with van der Waals surface area (Å²) in [6.45, 7) is 6.08. The lowest BCUT2D eigenvalue weighted by Crippen LogP contribution is -2.32. The van der Waals surface area contributed by atoms with Gasteiger partial charge in [0.25, 0.3) is 0 Å². The molecule has 0 heterocycles. The van der Waals surface area contributed by atoms with Crippen molar-refractivity contribution < 1.29 is 9.53 Å². The first kappa shape index (κ1) is 10.8. The number of amides is 1. The van der Waals surface area contributed by atoms with Crippen LogP contribution in [0.3, 0.4) is 0 Å². The predicted molar refractivity (Wildman–Crippen MR) is 47.6 cm³/mol. The van der Waals surface area contributed by atoms with Crippen molar-refractivity contribution in [1.29, 1.82) is 0 Å².